The predicted molar refractivity (Wildman–Crippen MR) is 71.5 cm³/mol. The summed E-state index contributed by atoms with van der Waals surface area (Å²) in [4.78, 5) is 23.5. The lowest BCUT2D eigenvalue weighted by atomic mass is 10.2. The number of ether oxygens (including phenoxy) is 2. The van der Waals surface area contributed by atoms with Gasteiger partial charge >= 0.3 is 5.97 Å². The summed E-state index contributed by atoms with van der Waals surface area (Å²) in [6, 6.07) is 0. The second-order valence-corrected chi connectivity index (χ2v) is 4.68. The van der Waals surface area contributed by atoms with E-state index in [9.17, 15) is 9.59 Å². The molecule has 0 spiro atoms. The van der Waals surface area contributed by atoms with Crippen molar-refractivity contribution in [3.05, 3.63) is 11.3 Å². The molecule has 2 heterocycles. The third-order valence-corrected chi connectivity index (χ3v) is 3.18. The van der Waals surface area contributed by atoms with E-state index in [0.717, 1.165) is 12.8 Å². The van der Waals surface area contributed by atoms with Gasteiger partial charge in [-0.1, -0.05) is 0 Å². The number of carbonyl (C=O) groups excluding carboxylic acids is 2. The summed E-state index contributed by atoms with van der Waals surface area (Å²) in [5.41, 5.74) is 0.836. The molecule has 1 saturated heterocycles. The zero-order valence-electron chi connectivity index (χ0n) is 11.7. The van der Waals surface area contributed by atoms with E-state index in [0.29, 0.717) is 24.4 Å². The molecule has 0 saturated carbocycles. The highest BCUT2D eigenvalue weighted by Crippen LogP contribution is 2.19. The van der Waals surface area contributed by atoms with Gasteiger partial charge in [0.25, 0.3) is 0 Å². The maximum absolute atomic E-state index is 11.9. The highest BCUT2D eigenvalue weighted by molar-refractivity contribution is 5.94. The Balaban J connectivity index is 1.95. The number of rotatable bonds is 5. The number of aromatic amines is 1. The molecule has 2 N–H and O–H groups in total. The van der Waals surface area contributed by atoms with Gasteiger partial charge in [-0.3, -0.25) is 9.89 Å². The van der Waals surface area contributed by atoms with Gasteiger partial charge in [0.05, 0.1) is 19.1 Å². The number of nitrogens with one attached hydrogen (secondary N) is 2. The number of hydrogen-bond acceptors (Lipinski definition) is 5. The fourth-order valence-electron chi connectivity index (χ4n) is 2.12. The number of aromatic nitrogens is 2. The Morgan fingerprint density at radius 1 is 1.55 bits per heavy atom. The number of hydrogen-bond donors (Lipinski definition) is 2. The Hall–Kier alpha value is -1.89. The van der Waals surface area contributed by atoms with Crippen molar-refractivity contribution in [2.24, 2.45) is 0 Å². The number of carbonyl (C=O) groups is 2. The first kappa shape index (κ1) is 14.5. The van der Waals surface area contributed by atoms with Crippen LogP contribution in [0.2, 0.25) is 0 Å². The lowest BCUT2D eigenvalue weighted by Gasteiger charge is -2.08. The van der Waals surface area contributed by atoms with Gasteiger partial charge < -0.3 is 14.8 Å². The van der Waals surface area contributed by atoms with Gasteiger partial charge in [-0.15, -0.1) is 0 Å². The van der Waals surface area contributed by atoms with Gasteiger partial charge in [0.15, 0.2) is 5.82 Å². The molecule has 1 aliphatic rings. The molecule has 7 heteroatoms. The first-order valence-electron chi connectivity index (χ1n) is 6.75. The summed E-state index contributed by atoms with van der Waals surface area (Å²) in [5.74, 6) is -0.282. The Labute approximate surface area is 117 Å². The molecule has 0 bridgehead atoms. The number of anilines is 1. The van der Waals surface area contributed by atoms with Crippen LogP contribution in [0.1, 0.15) is 42.2 Å². The molecule has 1 aliphatic heterocycles. The molecule has 7 nitrogen and oxygen atoms in total. The summed E-state index contributed by atoms with van der Waals surface area (Å²) in [6.07, 6.45) is 2.19. The van der Waals surface area contributed by atoms with Crippen molar-refractivity contribution >= 4 is 17.7 Å². The van der Waals surface area contributed by atoms with Crippen LogP contribution >= 0.6 is 0 Å². The summed E-state index contributed by atoms with van der Waals surface area (Å²) in [6.45, 7) is 4.44. The standard InChI is InChI=1S/C13H19N3O4/c1-3-19-13(18)11-8(2)12(16-15-11)14-10(17)7-9-5-4-6-20-9/h9H,3-7H2,1-2H3,(H2,14,15,16,17)/t9-/m1/s1. The van der Waals surface area contributed by atoms with Crippen molar-refractivity contribution in [1.82, 2.24) is 10.2 Å². The van der Waals surface area contributed by atoms with Crippen molar-refractivity contribution in [1.29, 1.82) is 0 Å². The first-order chi connectivity index (χ1) is 9.61. The minimum atomic E-state index is -0.475. The monoisotopic (exact) mass is 281 g/mol. The van der Waals surface area contributed by atoms with Crippen LogP contribution in [0.25, 0.3) is 0 Å². The van der Waals surface area contributed by atoms with E-state index >= 15 is 0 Å². The maximum atomic E-state index is 11.9. The lowest BCUT2D eigenvalue weighted by Crippen LogP contribution is -2.19. The van der Waals surface area contributed by atoms with Gasteiger partial charge in [-0.25, -0.2) is 4.79 Å². The molecule has 1 fully saturated rings. The number of esters is 1. The maximum Gasteiger partial charge on any atom is 0.356 e. The van der Waals surface area contributed by atoms with Crippen LogP contribution < -0.4 is 5.32 Å². The van der Waals surface area contributed by atoms with E-state index in [1.54, 1.807) is 13.8 Å². The van der Waals surface area contributed by atoms with E-state index < -0.39 is 5.97 Å². The average Bonchev–Trinajstić information content (AvgIpc) is 3.01. The van der Waals surface area contributed by atoms with Crippen LogP contribution in [-0.2, 0) is 14.3 Å². The highest BCUT2D eigenvalue weighted by Gasteiger charge is 2.22. The summed E-state index contributed by atoms with van der Waals surface area (Å²) in [5, 5.41) is 9.21. The third kappa shape index (κ3) is 3.36. The molecule has 1 amide bonds. The molecule has 0 unspecified atom stereocenters. The number of amides is 1. The summed E-state index contributed by atoms with van der Waals surface area (Å²) < 4.78 is 10.3. The van der Waals surface area contributed by atoms with Crippen molar-refractivity contribution < 1.29 is 19.1 Å². The van der Waals surface area contributed by atoms with Crippen LogP contribution in [0, 0.1) is 6.92 Å². The summed E-state index contributed by atoms with van der Waals surface area (Å²) >= 11 is 0. The smallest absolute Gasteiger partial charge is 0.356 e. The van der Waals surface area contributed by atoms with Gasteiger partial charge in [-0.2, -0.15) is 5.10 Å². The normalized spacial score (nSPS) is 18.0. The molecule has 110 valence electrons. The van der Waals surface area contributed by atoms with Gasteiger partial charge in [-0.05, 0) is 26.7 Å². The van der Waals surface area contributed by atoms with E-state index in [4.69, 9.17) is 9.47 Å². The zero-order valence-corrected chi connectivity index (χ0v) is 11.7. The fraction of sp³-hybridized carbons (Fsp3) is 0.615. The highest BCUT2D eigenvalue weighted by atomic mass is 16.5. The van der Waals surface area contributed by atoms with Crippen molar-refractivity contribution in [3.63, 3.8) is 0 Å². The van der Waals surface area contributed by atoms with Crippen LogP contribution in [0.15, 0.2) is 0 Å². The van der Waals surface area contributed by atoms with Crippen LogP contribution in [0.5, 0.6) is 0 Å². The van der Waals surface area contributed by atoms with Crippen molar-refractivity contribution in [3.8, 4) is 0 Å². The average molecular weight is 281 g/mol. The fourth-order valence-corrected chi connectivity index (χ4v) is 2.12. The molecule has 0 radical (unpaired) electrons. The minimum absolute atomic E-state index is 0.0150. The second kappa shape index (κ2) is 6.51. The Morgan fingerprint density at radius 3 is 3.00 bits per heavy atom. The Kier molecular flexibility index (Phi) is 4.73. The van der Waals surface area contributed by atoms with E-state index in [1.807, 2.05) is 0 Å². The predicted octanol–water partition coefficient (Wildman–Crippen LogP) is 1.40. The van der Waals surface area contributed by atoms with Gasteiger partial charge in [0.2, 0.25) is 5.91 Å². The molecule has 2 rings (SSSR count). The third-order valence-electron chi connectivity index (χ3n) is 3.18. The number of nitrogens with zero attached hydrogens (tertiary/aromatic N) is 1. The van der Waals surface area contributed by atoms with E-state index in [2.05, 4.69) is 15.5 Å². The first-order valence-corrected chi connectivity index (χ1v) is 6.75. The largest absolute Gasteiger partial charge is 0.461 e. The Morgan fingerprint density at radius 2 is 2.35 bits per heavy atom. The van der Waals surface area contributed by atoms with Crippen molar-refractivity contribution in [2.45, 2.75) is 39.2 Å². The molecule has 20 heavy (non-hydrogen) atoms. The van der Waals surface area contributed by atoms with Crippen LogP contribution in [0.4, 0.5) is 5.82 Å². The van der Waals surface area contributed by atoms with Crippen LogP contribution in [0.3, 0.4) is 0 Å². The van der Waals surface area contributed by atoms with Crippen LogP contribution in [-0.4, -0.2) is 41.4 Å². The SMILES string of the molecule is CCOC(=O)c1[nH]nc(NC(=O)C[C@H]2CCCO2)c1C. The molecule has 1 aromatic heterocycles. The second-order valence-electron chi connectivity index (χ2n) is 4.68. The minimum Gasteiger partial charge on any atom is -0.461 e. The van der Waals surface area contributed by atoms with E-state index in [1.165, 1.54) is 0 Å². The topological polar surface area (TPSA) is 93.3 Å². The molecule has 1 atom stereocenters. The quantitative estimate of drug-likeness (QED) is 0.796. The molecular weight excluding hydrogens is 262 g/mol. The van der Waals surface area contributed by atoms with E-state index in [-0.39, 0.29) is 24.3 Å². The molecule has 0 aromatic carbocycles. The lowest BCUT2D eigenvalue weighted by molar-refractivity contribution is -0.118. The molecule has 0 aliphatic carbocycles. The molecular formula is C13H19N3O4. The Bertz CT molecular complexity index is 492. The van der Waals surface area contributed by atoms with Crippen molar-refractivity contribution in [2.75, 3.05) is 18.5 Å². The zero-order chi connectivity index (χ0) is 14.5. The summed E-state index contributed by atoms with van der Waals surface area (Å²) in [7, 11) is 0. The molecule has 1 aromatic rings. The number of H-pyrrole nitrogens is 1. The van der Waals surface area contributed by atoms with Gasteiger partial charge in [0.1, 0.15) is 5.69 Å². The van der Waals surface area contributed by atoms with Gasteiger partial charge in [0, 0.05) is 12.2 Å².